The largest absolute Gasteiger partial charge is 0.322 e. The van der Waals surface area contributed by atoms with Crippen LogP contribution >= 0.6 is 23.4 Å². The number of nitrogens with zero attached hydrogens (tertiary/aromatic N) is 4. The number of amides is 1. The topological polar surface area (TPSA) is 103 Å². The Balaban J connectivity index is 1.42. The van der Waals surface area contributed by atoms with Gasteiger partial charge in [0.1, 0.15) is 0 Å². The van der Waals surface area contributed by atoms with Crippen LogP contribution < -0.4 is 5.32 Å². The van der Waals surface area contributed by atoms with Crippen molar-refractivity contribution in [2.45, 2.75) is 10.9 Å². The van der Waals surface area contributed by atoms with Gasteiger partial charge in [0.25, 0.3) is 11.6 Å². The molecule has 0 fully saturated rings. The van der Waals surface area contributed by atoms with E-state index in [1.165, 1.54) is 23.9 Å². The highest BCUT2D eigenvalue weighted by Gasteiger charge is 2.13. The Hall–Kier alpha value is -3.69. The van der Waals surface area contributed by atoms with Gasteiger partial charge < -0.3 is 9.88 Å². The molecule has 0 aliphatic carbocycles. The van der Waals surface area contributed by atoms with Gasteiger partial charge in [-0.3, -0.25) is 14.9 Å². The molecule has 1 aromatic heterocycles. The van der Waals surface area contributed by atoms with E-state index < -0.39 is 4.92 Å². The van der Waals surface area contributed by atoms with E-state index in [2.05, 4.69) is 15.5 Å². The predicted octanol–water partition coefficient (Wildman–Crippen LogP) is 5.59. The zero-order valence-corrected chi connectivity index (χ0v) is 19.0. The minimum Gasteiger partial charge on any atom is -0.322 e. The second-order valence-corrected chi connectivity index (χ2v) is 8.44. The summed E-state index contributed by atoms with van der Waals surface area (Å²) < 4.78 is 1.88. The SMILES string of the molecule is Cn1c(SCc2ccc([N+](=O)[O-])cc2)nnc1-c1ccc(NC(=O)c2ccccc2Cl)cc1. The summed E-state index contributed by atoms with van der Waals surface area (Å²) in [4.78, 5) is 22.8. The van der Waals surface area contributed by atoms with Crippen LogP contribution in [0, 0.1) is 10.1 Å². The van der Waals surface area contributed by atoms with Crippen molar-refractivity contribution in [3.8, 4) is 11.4 Å². The Labute approximate surface area is 198 Å². The molecule has 0 spiro atoms. The summed E-state index contributed by atoms with van der Waals surface area (Å²) in [6.07, 6.45) is 0. The number of hydrogen-bond donors (Lipinski definition) is 1. The van der Waals surface area contributed by atoms with Crippen molar-refractivity contribution in [2.24, 2.45) is 7.05 Å². The van der Waals surface area contributed by atoms with Crippen LogP contribution in [-0.2, 0) is 12.8 Å². The minimum atomic E-state index is -0.417. The summed E-state index contributed by atoms with van der Waals surface area (Å²) in [6.45, 7) is 0. The fourth-order valence-corrected chi connectivity index (χ4v) is 4.19. The second-order valence-electron chi connectivity index (χ2n) is 7.09. The van der Waals surface area contributed by atoms with Gasteiger partial charge in [-0.15, -0.1) is 10.2 Å². The Morgan fingerprint density at radius 1 is 1.06 bits per heavy atom. The Kier molecular flexibility index (Phi) is 6.71. The Morgan fingerprint density at radius 2 is 1.76 bits per heavy atom. The van der Waals surface area contributed by atoms with Crippen LogP contribution in [0.25, 0.3) is 11.4 Å². The van der Waals surface area contributed by atoms with Crippen molar-refractivity contribution in [1.82, 2.24) is 14.8 Å². The van der Waals surface area contributed by atoms with E-state index >= 15 is 0 Å². The molecule has 0 bridgehead atoms. The van der Waals surface area contributed by atoms with E-state index in [9.17, 15) is 14.9 Å². The van der Waals surface area contributed by atoms with Crippen molar-refractivity contribution in [3.05, 3.63) is 99.1 Å². The van der Waals surface area contributed by atoms with Crippen molar-refractivity contribution < 1.29 is 9.72 Å². The molecule has 0 saturated carbocycles. The normalized spacial score (nSPS) is 10.7. The van der Waals surface area contributed by atoms with Crippen LogP contribution in [0.2, 0.25) is 5.02 Å². The van der Waals surface area contributed by atoms with Crippen molar-refractivity contribution in [3.63, 3.8) is 0 Å². The summed E-state index contributed by atoms with van der Waals surface area (Å²) >= 11 is 7.58. The third-order valence-electron chi connectivity index (χ3n) is 4.87. The zero-order valence-electron chi connectivity index (χ0n) is 17.4. The first-order valence-electron chi connectivity index (χ1n) is 9.84. The predicted molar refractivity (Wildman–Crippen MR) is 129 cm³/mol. The molecular formula is C23H18ClN5O3S. The van der Waals surface area contributed by atoms with E-state index in [0.717, 1.165) is 16.3 Å². The monoisotopic (exact) mass is 479 g/mol. The molecule has 0 atom stereocenters. The van der Waals surface area contributed by atoms with Crippen LogP contribution in [0.15, 0.2) is 78.0 Å². The van der Waals surface area contributed by atoms with Crippen molar-refractivity contribution in [1.29, 1.82) is 0 Å². The van der Waals surface area contributed by atoms with Gasteiger partial charge in [0.05, 0.1) is 15.5 Å². The maximum absolute atomic E-state index is 12.4. The number of carbonyl (C=O) groups excluding carboxylic acids is 1. The molecule has 1 heterocycles. The number of aromatic nitrogens is 3. The molecule has 10 heteroatoms. The Morgan fingerprint density at radius 3 is 2.42 bits per heavy atom. The molecule has 0 aliphatic rings. The van der Waals surface area contributed by atoms with E-state index in [0.29, 0.717) is 27.9 Å². The number of anilines is 1. The quantitative estimate of drug-likeness (QED) is 0.210. The van der Waals surface area contributed by atoms with Crippen LogP contribution in [0.1, 0.15) is 15.9 Å². The van der Waals surface area contributed by atoms with Crippen molar-refractivity contribution in [2.75, 3.05) is 5.32 Å². The molecule has 0 unspecified atom stereocenters. The lowest BCUT2D eigenvalue weighted by Crippen LogP contribution is -2.12. The number of nitro benzene ring substituents is 1. The molecule has 0 saturated heterocycles. The average Bonchev–Trinajstić information content (AvgIpc) is 3.19. The third-order valence-corrected chi connectivity index (χ3v) is 6.29. The Bertz CT molecular complexity index is 1310. The minimum absolute atomic E-state index is 0.0659. The van der Waals surface area contributed by atoms with Gasteiger partial charge in [0.15, 0.2) is 11.0 Å². The van der Waals surface area contributed by atoms with Gasteiger partial charge >= 0.3 is 0 Å². The maximum atomic E-state index is 12.4. The molecule has 33 heavy (non-hydrogen) atoms. The highest BCUT2D eigenvalue weighted by Crippen LogP contribution is 2.27. The van der Waals surface area contributed by atoms with Gasteiger partial charge in [-0.05, 0) is 42.0 Å². The fourth-order valence-electron chi connectivity index (χ4n) is 3.10. The summed E-state index contributed by atoms with van der Waals surface area (Å²) in [5, 5.41) is 23.3. The van der Waals surface area contributed by atoms with Crippen LogP contribution in [-0.4, -0.2) is 25.6 Å². The number of carbonyl (C=O) groups is 1. The highest BCUT2D eigenvalue weighted by atomic mass is 35.5. The van der Waals surface area contributed by atoms with Gasteiger partial charge in [-0.1, -0.05) is 47.6 Å². The van der Waals surface area contributed by atoms with Gasteiger partial charge in [0, 0.05) is 36.2 Å². The molecule has 0 radical (unpaired) electrons. The number of non-ortho nitro benzene ring substituents is 1. The number of nitrogens with one attached hydrogen (secondary N) is 1. The van der Waals surface area contributed by atoms with E-state index in [4.69, 9.17) is 11.6 Å². The molecule has 4 aromatic rings. The number of halogens is 1. The smallest absolute Gasteiger partial charge is 0.269 e. The van der Waals surface area contributed by atoms with Gasteiger partial charge in [-0.2, -0.15) is 0 Å². The van der Waals surface area contributed by atoms with Crippen molar-refractivity contribution >= 4 is 40.6 Å². The fraction of sp³-hybridized carbons (Fsp3) is 0.0870. The highest BCUT2D eigenvalue weighted by molar-refractivity contribution is 7.98. The standard InChI is InChI=1S/C23H18ClN5O3S/c1-28-21(26-27-23(28)33-14-15-6-12-18(13-7-15)29(31)32)16-8-10-17(11-9-16)25-22(30)19-4-2-3-5-20(19)24/h2-13H,14H2,1H3,(H,25,30). The maximum Gasteiger partial charge on any atom is 0.269 e. The molecule has 8 nitrogen and oxygen atoms in total. The first-order chi connectivity index (χ1) is 15.9. The van der Waals surface area contributed by atoms with Gasteiger partial charge in [0.2, 0.25) is 0 Å². The number of nitro groups is 1. The molecule has 1 amide bonds. The van der Waals surface area contributed by atoms with Crippen LogP contribution in [0.5, 0.6) is 0 Å². The summed E-state index contributed by atoms with van der Waals surface area (Å²) in [5.41, 5.74) is 2.91. The molecule has 1 N–H and O–H groups in total. The second kappa shape index (κ2) is 9.85. The zero-order chi connectivity index (χ0) is 23.4. The van der Waals surface area contributed by atoms with Gasteiger partial charge in [-0.25, -0.2) is 0 Å². The average molecular weight is 480 g/mol. The molecule has 4 rings (SSSR count). The number of benzene rings is 3. The number of rotatable bonds is 7. The van der Waals surface area contributed by atoms with E-state index in [-0.39, 0.29) is 11.6 Å². The lowest BCUT2D eigenvalue weighted by Gasteiger charge is -2.08. The molecule has 3 aromatic carbocycles. The lowest BCUT2D eigenvalue weighted by molar-refractivity contribution is -0.384. The lowest BCUT2D eigenvalue weighted by atomic mass is 10.1. The molecule has 0 aliphatic heterocycles. The molecular weight excluding hydrogens is 462 g/mol. The van der Waals surface area contributed by atoms with E-state index in [1.54, 1.807) is 48.5 Å². The third kappa shape index (κ3) is 5.21. The van der Waals surface area contributed by atoms with Crippen LogP contribution in [0.4, 0.5) is 11.4 Å². The summed E-state index contributed by atoms with van der Waals surface area (Å²) in [5.74, 6) is 1.01. The van der Waals surface area contributed by atoms with E-state index in [1.807, 2.05) is 23.7 Å². The van der Waals surface area contributed by atoms with Crippen LogP contribution in [0.3, 0.4) is 0 Å². The molecule has 166 valence electrons. The summed E-state index contributed by atoms with van der Waals surface area (Å²) in [6, 6.07) is 20.6. The number of thioether (sulfide) groups is 1. The first-order valence-corrected chi connectivity index (χ1v) is 11.2. The summed E-state index contributed by atoms with van der Waals surface area (Å²) in [7, 11) is 1.88. The number of hydrogen-bond acceptors (Lipinski definition) is 6. The first kappa shape index (κ1) is 22.5.